The van der Waals surface area contributed by atoms with Gasteiger partial charge in [-0.25, -0.2) is 17.7 Å². The quantitative estimate of drug-likeness (QED) is 0.540. The van der Waals surface area contributed by atoms with E-state index in [4.69, 9.17) is 11.6 Å². The lowest BCUT2D eigenvalue weighted by Crippen LogP contribution is -2.22. The van der Waals surface area contributed by atoms with Crippen LogP contribution in [0.3, 0.4) is 0 Å². The Kier molecular flexibility index (Phi) is 5.76. The van der Waals surface area contributed by atoms with Gasteiger partial charge >= 0.3 is 0 Å². The van der Waals surface area contributed by atoms with E-state index < -0.39 is 10.0 Å². The molecule has 0 bridgehead atoms. The molecule has 0 saturated heterocycles. The van der Waals surface area contributed by atoms with Crippen LogP contribution in [-0.2, 0) is 16.6 Å². The molecule has 3 rings (SSSR count). The molecule has 3 aromatic rings. The van der Waals surface area contributed by atoms with Crippen LogP contribution in [0.15, 0.2) is 51.8 Å². The Bertz CT molecular complexity index is 1140. The zero-order valence-corrected chi connectivity index (χ0v) is 18.3. The third kappa shape index (κ3) is 3.82. The average Bonchev–Trinajstić information content (AvgIpc) is 3.01. The van der Waals surface area contributed by atoms with Crippen LogP contribution in [0, 0.1) is 0 Å². The zero-order chi connectivity index (χ0) is 19.8. The van der Waals surface area contributed by atoms with Gasteiger partial charge in [0.05, 0.1) is 21.0 Å². The van der Waals surface area contributed by atoms with E-state index in [1.807, 2.05) is 41.8 Å². The molecule has 27 heavy (non-hydrogen) atoms. The Balaban J connectivity index is 2.15. The van der Waals surface area contributed by atoms with Gasteiger partial charge in [0.2, 0.25) is 10.0 Å². The Morgan fingerprint density at radius 2 is 1.96 bits per heavy atom. The van der Waals surface area contributed by atoms with Crippen molar-refractivity contribution in [2.75, 3.05) is 14.1 Å². The van der Waals surface area contributed by atoms with Crippen LogP contribution in [0.5, 0.6) is 0 Å². The Morgan fingerprint density at radius 1 is 1.26 bits per heavy atom. The monoisotopic (exact) mass is 467 g/mol. The normalized spacial score (nSPS) is 12.9. The number of sulfonamides is 1. The van der Waals surface area contributed by atoms with Crippen molar-refractivity contribution < 1.29 is 8.42 Å². The molecular formula is C19H19BrClN3O2S. The topological polar surface area (TPSA) is 55.2 Å². The number of aryl methyl sites for hydroxylation is 1. The van der Waals surface area contributed by atoms with Gasteiger partial charge in [0, 0.05) is 25.1 Å². The summed E-state index contributed by atoms with van der Waals surface area (Å²) in [6.45, 7) is 2.66. The first-order valence-electron chi connectivity index (χ1n) is 8.30. The summed E-state index contributed by atoms with van der Waals surface area (Å²) in [5.41, 5.74) is 2.37. The highest BCUT2D eigenvalue weighted by Crippen LogP contribution is 2.29. The van der Waals surface area contributed by atoms with Crippen molar-refractivity contribution in [2.24, 2.45) is 0 Å². The van der Waals surface area contributed by atoms with Crippen LogP contribution in [0.1, 0.15) is 18.3 Å². The molecule has 1 heterocycles. The molecule has 0 unspecified atom stereocenters. The minimum Gasteiger partial charge on any atom is -0.324 e. The van der Waals surface area contributed by atoms with E-state index in [9.17, 15) is 8.42 Å². The van der Waals surface area contributed by atoms with Crippen LogP contribution >= 0.6 is 27.5 Å². The molecule has 0 N–H and O–H groups in total. The number of fused-ring (bicyclic) bond motifs is 1. The average molecular weight is 469 g/mol. The van der Waals surface area contributed by atoms with Gasteiger partial charge in [-0.05, 0) is 42.8 Å². The Labute approximate surface area is 172 Å². The van der Waals surface area contributed by atoms with Crippen molar-refractivity contribution in [2.45, 2.75) is 18.4 Å². The number of imidazole rings is 1. The zero-order valence-electron chi connectivity index (χ0n) is 15.1. The van der Waals surface area contributed by atoms with E-state index in [2.05, 4.69) is 20.9 Å². The van der Waals surface area contributed by atoms with Gasteiger partial charge < -0.3 is 4.57 Å². The lowest BCUT2D eigenvalue weighted by molar-refractivity contribution is 0.521. The molecule has 0 radical (unpaired) electrons. The molecule has 8 heteroatoms. The fraction of sp³-hybridized carbons (Fsp3) is 0.211. The molecule has 5 nitrogen and oxygen atoms in total. The van der Waals surface area contributed by atoms with E-state index in [1.165, 1.54) is 18.4 Å². The van der Waals surface area contributed by atoms with Crippen LogP contribution in [0.2, 0.25) is 0 Å². The number of rotatable bonds is 5. The first-order valence-corrected chi connectivity index (χ1v) is 10.9. The predicted molar refractivity (Wildman–Crippen MR) is 114 cm³/mol. The van der Waals surface area contributed by atoms with Gasteiger partial charge in [-0.1, -0.05) is 45.7 Å². The second kappa shape index (κ2) is 7.75. The summed E-state index contributed by atoms with van der Waals surface area (Å²) in [4.78, 5) is 4.81. The van der Waals surface area contributed by atoms with Crippen molar-refractivity contribution in [1.29, 1.82) is 0 Å². The lowest BCUT2D eigenvalue weighted by atomic mass is 10.2. The molecule has 0 saturated carbocycles. The number of halogens is 2. The predicted octanol–water partition coefficient (Wildman–Crippen LogP) is 4.81. The molecule has 0 aliphatic rings. The highest BCUT2D eigenvalue weighted by atomic mass is 79.9. The number of nitrogens with zero attached hydrogens (tertiary/aromatic N) is 3. The highest BCUT2D eigenvalue weighted by molar-refractivity contribution is 9.10. The van der Waals surface area contributed by atoms with Crippen molar-refractivity contribution >= 4 is 59.7 Å². The molecule has 142 valence electrons. The van der Waals surface area contributed by atoms with E-state index >= 15 is 0 Å². The second-order valence-electron chi connectivity index (χ2n) is 6.13. The van der Waals surface area contributed by atoms with Crippen LogP contribution in [0.4, 0.5) is 0 Å². The summed E-state index contributed by atoms with van der Waals surface area (Å²) < 4.78 is 28.9. The number of hydrogen-bond donors (Lipinski definition) is 0. The summed E-state index contributed by atoms with van der Waals surface area (Å²) in [5, 5.41) is 0.483. The maximum absolute atomic E-state index is 12.4. The van der Waals surface area contributed by atoms with Crippen molar-refractivity contribution in [3.8, 4) is 0 Å². The molecule has 1 aromatic heterocycles. The minimum absolute atomic E-state index is 0.207. The molecule has 0 spiro atoms. The molecule has 0 atom stereocenters. The Hall–Kier alpha value is -1.67. The fourth-order valence-electron chi connectivity index (χ4n) is 2.78. The first-order chi connectivity index (χ1) is 12.8. The van der Waals surface area contributed by atoms with Crippen molar-refractivity contribution in [3.05, 3.63) is 58.3 Å². The lowest BCUT2D eigenvalue weighted by Gasteiger charge is -2.11. The summed E-state index contributed by atoms with van der Waals surface area (Å²) in [6.07, 6.45) is 1.84. The second-order valence-corrected chi connectivity index (χ2v) is 9.54. The van der Waals surface area contributed by atoms with Gasteiger partial charge in [0.25, 0.3) is 0 Å². The molecule has 0 aliphatic heterocycles. The van der Waals surface area contributed by atoms with Crippen LogP contribution in [-0.4, -0.2) is 36.4 Å². The van der Waals surface area contributed by atoms with E-state index in [0.29, 0.717) is 22.9 Å². The first kappa shape index (κ1) is 20.1. The summed E-state index contributed by atoms with van der Waals surface area (Å²) in [7, 11) is -0.509. The molecule has 0 amide bonds. The van der Waals surface area contributed by atoms with E-state index in [-0.39, 0.29) is 4.90 Å². The summed E-state index contributed by atoms with van der Waals surface area (Å²) >= 11 is 10.1. The van der Waals surface area contributed by atoms with Crippen molar-refractivity contribution in [1.82, 2.24) is 13.9 Å². The number of aromatic nitrogens is 2. The maximum atomic E-state index is 12.4. The van der Waals surface area contributed by atoms with Gasteiger partial charge in [-0.15, -0.1) is 0 Å². The third-order valence-corrected chi connectivity index (χ3v) is 7.03. The van der Waals surface area contributed by atoms with E-state index in [0.717, 1.165) is 15.6 Å². The standard InChI is InChI=1S/C19H19BrClN3O2S/c1-4-24-18-10-9-14(27(25,26)23(2)3)12-17(18)22-19(24)16(21)11-13-7-5-6-8-15(13)20/h5-12H,4H2,1-3H3/b16-11-. The van der Waals surface area contributed by atoms with Crippen LogP contribution in [0.25, 0.3) is 22.1 Å². The number of benzene rings is 2. The Morgan fingerprint density at radius 3 is 2.59 bits per heavy atom. The smallest absolute Gasteiger partial charge is 0.242 e. The van der Waals surface area contributed by atoms with Crippen LogP contribution < -0.4 is 0 Å². The molecular weight excluding hydrogens is 450 g/mol. The van der Waals surface area contributed by atoms with Gasteiger partial charge in [0.1, 0.15) is 0 Å². The molecule has 0 fully saturated rings. The largest absolute Gasteiger partial charge is 0.324 e. The minimum atomic E-state index is -3.52. The van der Waals surface area contributed by atoms with Gasteiger partial charge in [-0.2, -0.15) is 0 Å². The van der Waals surface area contributed by atoms with E-state index in [1.54, 1.807) is 18.2 Å². The van der Waals surface area contributed by atoms with Gasteiger partial charge in [-0.3, -0.25) is 0 Å². The molecule has 2 aromatic carbocycles. The highest BCUT2D eigenvalue weighted by Gasteiger charge is 2.20. The maximum Gasteiger partial charge on any atom is 0.242 e. The fourth-order valence-corrected chi connectivity index (χ4v) is 4.36. The summed E-state index contributed by atoms with van der Waals surface area (Å²) in [5.74, 6) is 0.601. The summed E-state index contributed by atoms with van der Waals surface area (Å²) in [6, 6.07) is 12.7. The van der Waals surface area contributed by atoms with Crippen molar-refractivity contribution in [3.63, 3.8) is 0 Å². The SMILES string of the molecule is CCn1c(/C(Cl)=C/c2ccccc2Br)nc2cc(S(=O)(=O)N(C)C)ccc21. The number of hydrogen-bond acceptors (Lipinski definition) is 3. The van der Waals surface area contributed by atoms with Gasteiger partial charge in [0.15, 0.2) is 5.82 Å². The third-order valence-electron chi connectivity index (χ3n) is 4.22. The molecule has 0 aliphatic carbocycles.